The Hall–Kier alpha value is -2.10. The van der Waals surface area contributed by atoms with E-state index in [4.69, 9.17) is 0 Å². The maximum absolute atomic E-state index is 11.1. The number of anilines is 1. The van der Waals surface area contributed by atoms with Crippen molar-refractivity contribution in [1.29, 1.82) is 0 Å². The van der Waals surface area contributed by atoms with Gasteiger partial charge in [0.2, 0.25) is 5.91 Å². The zero-order chi connectivity index (χ0) is 12.3. The minimum atomic E-state index is -0.0483. The molecule has 1 heterocycles. The Bertz CT molecular complexity index is 517. The molecule has 17 heavy (non-hydrogen) atoms. The second kappa shape index (κ2) is 4.82. The SMILES string of the molecule is CC(=O)Nc1cccc(Cn2ccnc2)c1C. The molecule has 0 aliphatic carbocycles. The van der Waals surface area contributed by atoms with Gasteiger partial charge in [-0.2, -0.15) is 0 Å². The Morgan fingerprint density at radius 3 is 2.94 bits per heavy atom. The maximum Gasteiger partial charge on any atom is 0.221 e. The van der Waals surface area contributed by atoms with Gasteiger partial charge in [0, 0.05) is 31.5 Å². The summed E-state index contributed by atoms with van der Waals surface area (Å²) in [4.78, 5) is 15.1. The summed E-state index contributed by atoms with van der Waals surface area (Å²) in [6.45, 7) is 4.29. The van der Waals surface area contributed by atoms with Gasteiger partial charge >= 0.3 is 0 Å². The molecule has 0 bridgehead atoms. The van der Waals surface area contributed by atoms with Crippen LogP contribution in [-0.2, 0) is 11.3 Å². The van der Waals surface area contributed by atoms with Crippen LogP contribution in [0.2, 0.25) is 0 Å². The molecule has 1 amide bonds. The van der Waals surface area contributed by atoms with E-state index in [2.05, 4.69) is 16.4 Å². The summed E-state index contributed by atoms with van der Waals surface area (Å²) >= 11 is 0. The molecule has 0 aliphatic heterocycles. The van der Waals surface area contributed by atoms with Crippen LogP contribution in [0.1, 0.15) is 18.1 Å². The molecule has 0 aliphatic rings. The number of nitrogens with one attached hydrogen (secondary N) is 1. The Kier molecular flexibility index (Phi) is 3.23. The fourth-order valence-corrected chi connectivity index (χ4v) is 1.76. The van der Waals surface area contributed by atoms with Crippen molar-refractivity contribution in [3.8, 4) is 0 Å². The Balaban J connectivity index is 2.26. The minimum Gasteiger partial charge on any atom is -0.333 e. The van der Waals surface area contributed by atoms with Crippen LogP contribution in [0, 0.1) is 6.92 Å². The standard InChI is InChI=1S/C13H15N3O/c1-10-12(8-16-7-6-14-9-16)4-3-5-13(10)15-11(2)17/h3-7,9H,8H2,1-2H3,(H,15,17). The number of hydrogen-bond acceptors (Lipinski definition) is 2. The predicted octanol–water partition coefficient (Wildman–Crippen LogP) is 2.20. The molecule has 0 unspecified atom stereocenters. The Morgan fingerprint density at radius 1 is 1.47 bits per heavy atom. The monoisotopic (exact) mass is 229 g/mol. The molecule has 4 nitrogen and oxygen atoms in total. The van der Waals surface area contributed by atoms with Crippen molar-refractivity contribution in [3.63, 3.8) is 0 Å². The molecule has 0 spiro atoms. The molecule has 2 aromatic rings. The lowest BCUT2D eigenvalue weighted by molar-refractivity contribution is -0.114. The van der Waals surface area contributed by atoms with Crippen LogP contribution >= 0.6 is 0 Å². The van der Waals surface area contributed by atoms with Gasteiger partial charge in [0.1, 0.15) is 0 Å². The highest BCUT2D eigenvalue weighted by atomic mass is 16.1. The number of imidazole rings is 1. The number of benzene rings is 1. The van der Waals surface area contributed by atoms with E-state index in [0.29, 0.717) is 0 Å². The average molecular weight is 229 g/mol. The molecule has 1 aromatic heterocycles. The van der Waals surface area contributed by atoms with E-state index >= 15 is 0 Å². The molecule has 0 saturated carbocycles. The lowest BCUT2D eigenvalue weighted by Crippen LogP contribution is -2.09. The number of nitrogens with zero attached hydrogens (tertiary/aromatic N) is 2. The fourth-order valence-electron chi connectivity index (χ4n) is 1.76. The molecule has 1 aromatic carbocycles. The summed E-state index contributed by atoms with van der Waals surface area (Å²) in [5.74, 6) is -0.0483. The molecule has 2 rings (SSSR count). The minimum absolute atomic E-state index is 0.0483. The molecule has 0 saturated heterocycles. The van der Waals surface area contributed by atoms with Crippen molar-refractivity contribution < 1.29 is 4.79 Å². The number of carbonyl (C=O) groups is 1. The summed E-state index contributed by atoms with van der Waals surface area (Å²) in [5.41, 5.74) is 3.14. The van der Waals surface area contributed by atoms with Crippen LogP contribution < -0.4 is 5.32 Å². The Morgan fingerprint density at radius 2 is 2.29 bits per heavy atom. The first-order chi connectivity index (χ1) is 8.16. The van der Waals surface area contributed by atoms with Crippen LogP contribution in [0.3, 0.4) is 0 Å². The largest absolute Gasteiger partial charge is 0.333 e. The molecule has 4 heteroatoms. The van der Waals surface area contributed by atoms with Gasteiger partial charge in [0.15, 0.2) is 0 Å². The lowest BCUT2D eigenvalue weighted by Gasteiger charge is -2.11. The first-order valence-corrected chi connectivity index (χ1v) is 5.48. The van der Waals surface area contributed by atoms with E-state index in [1.54, 1.807) is 12.5 Å². The fraction of sp³-hybridized carbons (Fsp3) is 0.231. The van der Waals surface area contributed by atoms with E-state index in [0.717, 1.165) is 17.8 Å². The third kappa shape index (κ3) is 2.72. The molecule has 0 fully saturated rings. The van der Waals surface area contributed by atoms with Crippen LogP contribution in [0.15, 0.2) is 36.9 Å². The van der Waals surface area contributed by atoms with E-state index in [1.165, 1.54) is 12.5 Å². The summed E-state index contributed by atoms with van der Waals surface area (Å²) < 4.78 is 2.00. The van der Waals surface area contributed by atoms with Crippen LogP contribution in [-0.4, -0.2) is 15.5 Å². The normalized spacial score (nSPS) is 10.2. The van der Waals surface area contributed by atoms with E-state index in [1.807, 2.05) is 29.8 Å². The molecule has 0 atom stereocenters. The first kappa shape index (κ1) is 11.4. The maximum atomic E-state index is 11.1. The van der Waals surface area contributed by atoms with Gasteiger partial charge in [0.05, 0.1) is 6.33 Å². The van der Waals surface area contributed by atoms with E-state index in [-0.39, 0.29) is 5.91 Å². The summed E-state index contributed by atoms with van der Waals surface area (Å²) in [5, 5.41) is 2.83. The van der Waals surface area contributed by atoms with Gasteiger partial charge in [-0.15, -0.1) is 0 Å². The lowest BCUT2D eigenvalue weighted by atomic mass is 10.1. The topological polar surface area (TPSA) is 46.9 Å². The first-order valence-electron chi connectivity index (χ1n) is 5.48. The van der Waals surface area contributed by atoms with Crippen molar-refractivity contribution in [3.05, 3.63) is 48.0 Å². The van der Waals surface area contributed by atoms with E-state index < -0.39 is 0 Å². The van der Waals surface area contributed by atoms with Crippen LogP contribution in [0.25, 0.3) is 0 Å². The van der Waals surface area contributed by atoms with Gasteiger partial charge in [-0.3, -0.25) is 4.79 Å². The van der Waals surface area contributed by atoms with Crippen molar-refractivity contribution in [2.45, 2.75) is 20.4 Å². The molecular formula is C13H15N3O. The average Bonchev–Trinajstić information content (AvgIpc) is 2.76. The molecule has 1 N–H and O–H groups in total. The van der Waals surface area contributed by atoms with Crippen LogP contribution in [0.5, 0.6) is 0 Å². The zero-order valence-electron chi connectivity index (χ0n) is 9.97. The van der Waals surface area contributed by atoms with Crippen molar-refractivity contribution in [2.24, 2.45) is 0 Å². The van der Waals surface area contributed by atoms with E-state index in [9.17, 15) is 4.79 Å². The van der Waals surface area contributed by atoms with Crippen LogP contribution in [0.4, 0.5) is 5.69 Å². The summed E-state index contributed by atoms with van der Waals surface area (Å²) in [6.07, 6.45) is 5.46. The summed E-state index contributed by atoms with van der Waals surface area (Å²) in [7, 11) is 0. The molecular weight excluding hydrogens is 214 g/mol. The highest BCUT2D eigenvalue weighted by molar-refractivity contribution is 5.89. The highest BCUT2D eigenvalue weighted by Crippen LogP contribution is 2.19. The second-order valence-corrected chi connectivity index (χ2v) is 4.01. The van der Waals surface area contributed by atoms with Gasteiger partial charge in [-0.25, -0.2) is 4.98 Å². The van der Waals surface area contributed by atoms with Crippen molar-refractivity contribution in [1.82, 2.24) is 9.55 Å². The third-order valence-corrected chi connectivity index (χ3v) is 2.67. The van der Waals surface area contributed by atoms with Gasteiger partial charge in [-0.05, 0) is 24.1 Å². The second-order valence-electron chi connectivity index (χ2n) is 4.01. The zero-order valence-corrected chi connectivity index (χ0v) is 9.97. The number of hydrogen-bond donors (Lipinski definition) is 1. The number of amides is 1. The summed E-state index contributed by atoms with van der Waals surface area (Å²) in [6, 6.07) is 5.92. The quantitative estimate of drug-likeness (QED) is 0.877. The number of carbonyl (C=O) groups excluding carboxylic acids is 1. The molecule has 88 valence electrons. The molecule has 0 radical (unpaired) electrons. The number of rotatable bonds is 3. The van der Waals surface area contributed by atoms with Gasteiger partial charge in [0.25, 0.3) is 0 Å². The van der Waals surface area contributed by atoms with Crippen molar-refractivity contribution in [2.75, 3.05) is 5.32 Å². The number of aromatic nitrogens is 2. The highest BCUT2D eigenvalue weighted by Gasteiger charge is 2.05. The van der Waals surface area contributed by atoms with Gasteiger partial charge in [-0.1, -0.05) is 12.1 Å². The third-order valence-electron chi connectivity index (χ3n) is 2.67. The smallest absolute Gasteiger partial charge is 0.221 e. The van der Waals surface area contributed by atoms with Gasteiger partial charge < -0.3 is 9.88 Å². The van der Waals surface area contributed by atoms with Crippen molar-refractivity contribution >= 4 is 11.6 Å². The predicted molar refractivity (Wildman–Crippen MR) is 66.8 cm³/mol. The Labute approximate surface area is 100 Å².